The van der Waals surface area contributed by atoms with E-state index in [0.717, 1.165) is 6.07 Å². The van der Waals surface area contributed by atoms with Gasteiger partial charge >= 0.3 is 0 Å². The minimum absolute atomic E-state index is 0.0257. The average Bonchev–Trinajstić information content (AvgIpc) is 2.03. The summed E-state index contributed by atoms with van der Waals surface area (Å²) in [5, 5.41) is 8.24. The van der Waals surface area contributed by atoms with Crippen molar-refractivity contribution in [1.29, 1.82) is 5.26 Å². The summed E-state index contributed by atoms with van der Waals surface area (Å²) in [6.45, 7) is 0. The van der Waals surface area contributed by atoms with Crippen LogP contribution >= 0.6 is 0 Å². The van der Waals surface area contributed by atoms with Crippen molar-refractivity contribution in [3.8, 4) is 6.07 Å². The zero-order valence-electron chi connectivity index (χ0n) is 6.47. The van der Waals surface area contributed by atoms with E-state index in [4.69, 9.17) is 5.26 Å². The van der Waals surface area contributed by atoms with Crippen molar-refractivity contribution in [2.75, 3.05) is 0 Å². The lowest BCUT2D eigenvalue weighted by atomic mass is 10.2. The number of halogens is 3. The van der Waals surface area contributed by atoms with Gasteiger partial charge in [0.2, 0.25) is 0 Å². The number of pyridine rings is 1. The van der Waals surface area contributed by atoms with Gasteiger partial charge in [0.05, 0.1) is 18.2 Å². The molecule has 0 aliphatic heterocycles. The van der Waals surface area contributed by atoms with Crippen LogP contribution in [0, 0.1) is 17.1 Å². The summed E-state index contributed by atoms with van der Waals surface area (Å²) in [4.78, 5) is 3.41. The summed E-state index contributed by atoms with van der Waals surface area (Å²) in [6, 6.07) is 3.33. The van der Waals surface area contributed by atoms with Crippen LogP contribution in [0.25, 0.3) is 0 Å². The molecule has 0 amide bonds. The zero-order chi connectivity index (χ0) is 9.84. The molecule has 0 saturated carbocycles. The first-order valence-corrected chi connectivity index (χ1v) is 3.45. The molecule has 13 heavy (non-hydrogen) atoms. The topological polar surface area (TPSA) is 36.7 Å². The molecule has 0 saturated heterocycles. The molecular formula is C8H5F3N2. The summed E-state index contributed by atoms with van der Waals surface area (Å²) in [5.41, 5.74) is -0.608. The van der Waals surface area contributed by atoms with Crippen molar-refractivity contribution in [2.45, 2.75) is 12.8 Å². The van der Waals surface area contributed by atoms with Gasteiger partial charge in [-0.05, 0) is 6.07 Å². The van der Waals surface area contributed by atoms with Gasteiger partial charge in [-0.1, -0.05) is 0 Å². The van der Waals surface area contributed by atoms with Crippen LogP contribution in [0.3, 0.4) is 0 Å². The van der Waals surface area contributed by atoms with Crippen LogP contribution in [-0.2, 0) is 6.42 Å². The molecular weight excluding hydrogens is 181 g/mol. The van der Waals surface area contributed by atoms with Crippen molar-refractivity contribution in [3.63, 3.8) is 0 Å². The Hall–Kier alpha value is -1.57. The van der Waals surface area contributed by atoms with E-state index >= 15 is 0 Å². The number of rotatable bonds is 2. The number of aromatic nitrogens is 1. The first-order valence-electron chi connectivity index (χ1n) is 3.45. The van der Waals surface area contributed by atoms with Crippen LogP contribution in [0.15, 0.2) is 12.1 Å². The van der Waals surface area contributed by atoms with Gasteiger partial charge in [0.15, 0.2) is 0 Å². The Bertz CT molecular complexity index is 344. The van der Waals surface area contributed by atoms with Crippen LogP contribution in [0.1, 0.15) is 17.8 Å². The van der Waals surface area contributed by atoms with E-state index in [-0.39, 0.29) is 12.1 Å². The van der Waals surface area contributed by atoms with Gasteiger partial charge in [-0.15, -0.1) is 0 Å². The summed E-state index contributed by atoms with van der Waals surface area (Å²) >= 11 is 0. The Morgan fingerprint density at radius 1 is 1.46 bits per heavy atom. The van der Waals surface area contributed by atoms with Crippen LogP contribution in [0.5, 0.6) is 0 Å². The molecule has 0 bridgehead atoms. The number of nitrogens with zero attached hydrogens (tertiary/aromatic N) is 2. The third-order valence-corrected chi connectivity index (χ3v) is 1.35. The molecule has 0 spiro atoms. The molecule has 1 heterocycles. The van der Waals surface area contributed by atoms with Gasteiger partial charge < -0.3 is 0 Å². The highest BCUT2D eigenvalue weighted by Gasteiger charge is 2.11. The van der Waals surface area contributed by atoms with E-state index in [9.17, 15) is 13.2 Å². The molecule has 0 radical (unpaired) electrons. The highest BCUT2D eigenvalue weighted by Crippen LogP contribution is 2.17. The molecule has 0 unspecified atom stereocenters. The van der Waals surface area contributed by atoms with Crippen LogP contribution in [-0.4, -0.2) is 4.98 Å². The normalized spacial score (nSPS) is 10.1. The Morgan fingerprint density at radius 3 is 2.69 bits per heavy atom. The van der Waals surface area contributed by atoms with Gasteiger partial charge in [0, 0.05) is 6.07 Å². The van der Waals surface area contributed by atoms with E-state index in [1.165, 1.54) is 0 Å². The Kier molecular flexibility index (Phi) is 2.85. The fourth-order valence-electron chi connectivity index (χ4n) is 0.856. The average molecular weight is 186 g/mol. The molecule has 2 nitrogen and oxygen atoms in total. The Balaban J connectivity index is 3.05. The van der Waals surface area contributed by atoms with Crippen molar-refractivity contribution in [3.05, 3.63) is 29.3 Å². The molecule has 0 fully saturated rings. The molecule has 68 valence electrons. The Labute approximate surface area is 72.6 Å². The van der Waals surface area contributed by atoms with Gasteiger partial charge in [0.1, 0.15) is 11.5 Å². The SMILES string of the molecule is N#CCc1cc(F)cc(C(F)F)n1. The highest BCUT2D eigenvalue weighted by atomic mass is 19.3. The molecule has 5 heteroatoms. The molecule has 0 aromatic carbocycles. The largest absolute Gasteiger partial charge is 0.280 e. The van der Waals surface area contributed by atoms with Gasteiger partial charge in [0.25, 0.3) is 6.43 Å². The number of nitriles is 1. The van der Waals surface area contributed by atoms with Crippen LogP contribution in [0.4, 0.5) is 13.2 Å². The van der Waals surface area contributed by atoms with E-state index < -0.39 is 17.9 Å². The van der Waals surface area contributed by atoms with Crippen molar-refractivity contribution < 1.29 is 13.2 Å². The van der Waals surface area contributed by atoms with Crippen molar-refractivity contribution in [1.82, 2.24) is 4.98 Å². The second-order valence-corrected chi connectivity index (χ2v) is 2.34. The summed E-state index contributed by atoms with van der Waals surface area (Å²) in [5.74, 6) is -0.796. The van der Waals surface area contributed by atoms with Crippen molar-refractivity contribution in [2.24, 2.45) is 0 Å². The zero-order valence-corrected chi connectivity index (χ0v) is 6.47. The molecule has 0 atom stereocenters. The predicted octanol–water partition coefficient (Wildman–Crippen LogP) is 2.22. The Morgan fingerprint density at radius 2 is 2.15 bits per heavy atom. The summed E-state index contributed by atoms with van der Waals surface area (Å²) in [6.07, 6.45) is -2.98. The molecule has 0 aliphatic carbocycles. The second kappa shape index (κ2) is 3.90. The maximum Gasteiger partial charge on any atom is 0.280 e. The molecule has 1 rings (SSSR count). The maximum atomic E-state index is 12.6. The van der Waals surface area contributed by atoms with Gasteiger partial charge in [-0.2, -0.15) is 5.26 Å². The summed E-state index contributed by atoms with van der Waals surface area (Å²) < 4.78 is 36.7. The van der Waals surface area contributed by atoms with E-state index in [1.807, 2.05) is 0 Å². The molecule has 1 aromatic rings. The van der Waals surface area contributed by atoms with E-state index in [0.29, 0.717) is 6.07 Å². The van der Waals surface area contributed by atoms with Gasteiger partial charge in [-0.3, -0.25) is 4.98 Å². The lowest BCUT2D eigenvalue weighted by Crippen LogP contribution is -1.97. The third kappa shape index (κ3) is 2.44. The molecule has 0 N–H and O–H groups in total. The fourth-order valence-corrected chi connectivity index (χ4v) is 0.856. The van der Waals surface area contributed by atoms with Crippen LogP contribution in [0.2, 0.25) is 0 Å². The standard InChI is InChI=1S/C8H5F3N2/c9-5-3-6(1-2-12)13-7(4-5)8(10)11/h3-4,8H,1H2. The predicted molar refractivity (Wildman–Crippen MR) is 38.5 cm³/mol. The first kappa shape index (κ1) is 9.52. The maximum absolute atomic E-state index is 12.6. The smallest absolute Gasteiger partial charge is 0.251 e. The fraction of sp³-hybridized carbons (Fsp3) is 0.250. The summed E-state index contributed by atoms with van der Waals surface area (Å²) in [7, 11) is 0. The highest BCUT2D eigenvalue weighted by molar-refractivity contribution is 5.16. The van der Waals surface area contributed by atoms with Gasteiger partial charge in [-0.25, -0.2) is 13.2 Å². The number of hydrogen-bond acceptors (Lipinski definition) is 2. The lowest BCUT2D eigenvalue weighted by molar-refractivity contribution is 0.145. The van der Waals surface area contributed by atoms with Crippen LogP contribution < -0.4 is 0 Å². The minimum Gasteiger partial charge on any atom is -0.251 e. The number of alkyl halides is 2. The van der Waals surface area contributed by atoms with Crippen molar-refractivity contribution >= 4 is 0 Å². The quantitative estimate of drug-likeness (QED) is 0.710. The molecule has 1 aromatic heterocycles. The van der Waals surface area contributed by atoms with E-state index in [1.54, 1.807) is 6.07 Å². The van der Waals surface area contributed by atoms with E-state index in [2.05, 4.69) is 4.98 Å². The first-order chi connectivity index (χ1) is 6.13. The second-order valence-electron chi connectivity index (χ2n) is 2.34. The third-order valence-electron chi connectivity index (χ3n) is 1.35. The number of hydrogen-bond donors (Lipinski definition) is 0. The lowest BCUT2D eigenvalue weighted by Gasteiger charge is -2.00. The monoisotopic (exact) mass is 186 g/mol. The minimum atomic E-state index is -2.81. The molecule has 0 aliphatic rings.